The molecule has 0 amide bonds. The van der Waals surface area contributed by atoms with Crippen LogP contribution < -0.4 is 15.6 Å². The average Bonchev–Trinajstić information content (AvgIpc) is 1.00. The van der Waals surface area contributed by atoms with Crippen LogP contribution >= 0.6 is 0 Å². The maximum atomic E-state index is 2.77. The molecule has 0 fully saturated rings. The summed E-state index contributed by atoms with van der Waals surface area (Å²) in [6, 6.07) is 102. The Hall–Kier alpha value is -9.66. The van der Waals surface area contributed by atoms with Gasteiger partial charge in [-0.1, -0.05) is 297 Å². The maximum absolute atomic E-state index is 4.17. The van der Waals surface area contributed by atoms with E-state index in [1.54, 1.807) is 0 Å². The summed E-state index contributed by atoms with van der Waals surface area (Å²) in [5.41, 5.74) is 34.3. The number of hydrogen-bond acceptors (Lipinski definition) is 0. The van der Waals surface area contributed by atoms with E-state index in [1.165, 1.54) is 166 Å². The Morgan fingerprint density at radius 2 is 0.386 bits per heavy atom. The van der Waals surface area contributed by atoms with Gasteiger partial charge in [0.25, 0.3) is 0 Å². The zero-order valence-corrected chi connectivity index (χ0v) is 53.6. The molecule has 428 valence electrons. The molecule has 0 N–H and O–H groups in total. The molecule has 0 aliphatic heterocycles. The van der Waals surface area contributed by atoms with Crippen molar-refractivity contribution in [3.05, 3.63) is 329 Å². The normalized spacial score (nSPS) is 14.1. The molecule has 0 spiro atoms. The molecule has 0 nitrogen and oxygen atoms in total. The summed E-state index contributed by atoms with van der Waals surface area (Å²) in [4.78, 5) is 0. The molecule has 13 rings (SSSR count). The second-order valence-corrected chi connectivity index (χ2v) is 28.6. The van der Waals surface area contributed by atoms with Crippen LogP contribution in [0.4, 0.5) is 0 Å². The Morgan fingerprint density at radius 3 is 0.557 bits per heavy atom. The largest absolute Gasteiger partial charge is 0.164 e. The fourth-order valence-electron chi connectivity index (χ4n) is 16.0. The number of hydrogen-bond donors (Lipinski definition) is 0. The third kappa shape index (κ3) is 9.26. The van der Waals surface area contributed by atoms with E-state index in [2.05, 4.69) is 348 Å². The Kier molecular flexibility index (Phi) is 15.4. The van der Waals surface area contributed by atoms with Gasteiger partial charge in [0.05, 0.1) is 0 Å². The molecule has 1 atom stereocenters. The highest BCUT2D eigenvalue weighted by Gasteiger charge is 2.61. The topological polar surface area (TPSA) is 0 Å². The van der Waals surface area contributed by atoms with E-state index in [9.17, 15) is 0 Å². The van der Waals surface area contributed by atoms with Crippen LogP contribution in [0.15, 0.2) is 296 Å². The molecule has 0 saturated carbocycles. The average molecular weight is 1150 g/mol. The summed E-state index contributed by atoms with van der Waals surface area (Å²) in [5, 5.41) is 3.67. The Labute approximate surface area is 524 Å². The van der Waals surface area contributed by atoms with Gasteiger partial charge in [-0.3, -0.25) is 0 Å². The molecule has 12 aromatic carbocycles. The van der Waals surface area contributed by atoms with Gasteiger partial charge in [-0.05, 0) is 217 Å². The molecular formula is C87H76Si. The van der Waals surface area contributed by atoms with Crippen LogP contribution in [-0.2, 0) is 0 Å². The van der Waals surface area contributed by atoms with E-state index in [1.807, 2.05) is 0 Å². The SMILES string of the molecule is CC1=CC(C)([Si](c2c(C)c(-c3ccccc3)c(-c3ccccc3)c(C)c2-c2ccccc2)(c2c(C)c(-c3ccccc3)c(-c3ccccc3)c(C)c2-c2ccccc2)c2c(C)c(-c3ccccc3)c(-c3ccccc3)c(C)c2-c2ccccc2)C(C)=C1C. The highest BCUT2D eigenvalue weighted by molar-refractivity contribution is 7.16. The van der Waals surface area contributed by atoms with Crippen LogP contribution in [0, 0.1) is 41.5 Å². The molecule has 1 unspecified atom stereocenters. The van der Waals surface area contributed by atoms with Crippen molar-refractivity contribution < 1.29 is 0 Å². The Morgan fingerprint density at radius 1 is 0.216 bits per heavy atom. The van der Waals surface area contributed by atoms with Gasteiger partial charge in [-0.15, -0.1) is 0 Å². The molecular weight excluding hydrogens is 1070 g/mol. The third-order valence-corrected chi connectivity index (χ3v) is 26.1. The molecule has 0 saturated heterocycles. The molecule has 88 heavy (non-hydrogen) atoms. The van der Waals surface area contributed by atoms with Crippen molar-refractivity contribution in [3.63, 3.8) is 0 Å². The van der Waals surface area contributed by atoms with Gasteiger partial charge < -0.3 is 0 Å². The van der Waals surface area contributed by atoms with Gasteiger partial charge in [0, 0.05) is 5.04 Å². The predicted octanol–water partition coefficient (Wildman–Crippen LogP) is 22.1. The van der Waals surface area contributed by atoms with E-state index in [-0.39, 0.29) is 0 Å². The first-order valence-electron chi connectivity index (χ1n) is 31.3. The molecule has 0 radical (unpaired) electrons. The number of rotatable bonds is 13. The smallest absolute Gasteiger partial charge is 0.0730 e. The number of allylic oxidation sites excluding steroid dienone is 4. The minimum atomic E-state index is -4.17. The van der Waals surface area contributed by atoms with Gasteiger partial charge in [0.2, 0.25) is 0 Å². The van der Waals surface area contributed by atoms with E-state index in [0.29, 0.717) is 0 Å². The van der Waals surface area contributed by atoms with Crippen molar-refractivity contribution in [1.29, 1.82) is 0 Å². The van der Waals surface area contributed by atoms with E-state index in [4.69, 9.17) is 0 Å². The van der Waals surface area contributed by atoms with Crippen LogP contribution in [0.2, 0.25) is 5.04 Å². The van der Waals surface area contributed by atoms with Crippen LogP contribution in [0.5, 0.6) is 0 Å². The maximum Gasteiger partial charge on any atom is 0.164 e. The molecule has 1 aliphatic carbocycles. The summed E-state index contributed by atoms with van der Waals surface area (Å²) >= 11 is 0. The van der Waals surface area contributed by atoms with Crippen LogP contribution in [0.3, 0.4) is 0 Å². The van der Waals surface area contributed by atoms with Gasteiger partial charge in [0.15, 0.2) is 8.07 Å². The second-order valence-electron chi connectivity index (χ2n) is 24.6. The van der Waals surface area contributed by atoms with Crippen LogP contribution in [-0.4, -0.2) is 8.07 Å². The van der Waals surface area contributed by atoms with Crippen LogP contribution in [0.1, 0.15) is 61.1 Å². The first-order valence-corrected chi connectivity index (χ1v) is 33.3. The summed E-state index contributed by atoms with van der Waals surface area (Å²) < 4.78 is 0. The first-order chi connectivity index (χ1) is 42.9. The zero-order valence-electron chi connectivity index (χ0n) is 52.6. The van der Waals surface area contributed by atoms with Gasteiger partial charge in [-0.25, -0.2) is 0 Å². The minimum absolute atomic E-state index is 0.643. The summed E-state index contributed by atoms with van der Waals surface area (Å²) in [6.07, 6.45) is 2.77. The first kappa shape index (κ1) is 57.4. The van der Waals surface area contributed by atoms with Crippen molar-refractivity contribution in [2.24, 2.45) is 0 Å². The fraction of sp³-hybridized carbons (Fsp3) is 0.126. The lowest BCUT2D eigenvalue weighted by Crippen LogP contribution is -2.76. The highest BCUT2D eigenvalue weighted by Crippen LogP contribution is 2.59. The zero-order chi connectivity index (χ0) is 60.8. The second kappa shape index (κ2) is 23.5. The number of benzene rings is 12. The Bertz CT molecular complexity index is 4190. The summed E-state index contributed by atoms with van der Waals surface area (Å²) in [6.45, 7) is 25.0. The lowest BCUT2D eigenvalue weighted by atomic mass is 9.82. The van der Waals surface area contributed by atoms with Crippen molar-refractivity contribution in [3.8, 4) is 100 Å². The third-order valence-electron chi connectivity index (χ3n) is 19.9. The fourth-order valence-corrected chi connectivity index (χ4v) is 23.6. The lowest BCUT2D eigenvalue weighted by Gasteiger charge is -2.53. The van der Waals surface area contributed by atoms with Gasteiger partial charge in [-0.2, -0.15) is 0 Å². The minimum Gasteiger partial charge on any atom is -0.0730 e. The molecule has 1 heteroatoms. The molecule has 0 aromatic heterocycles. The molecule has 0 heterocycles. The lowest BCUT2D eigenvalue weighted by molar-refractivity contribution is 0.869. The predicted molar refractivity (Wildman–Crippen MR) is 382 cm³/mol. The molecule has 12 aromatic rings. The van der Waals surface area contributed by atoms with E-state index < -0.39 is 13.1 Å². The standard InChI is InChI=1S/C87H76Si/c1-57-56-87(10,65(9)58(57)2)88(84-62(6)78(69-44-26-14-27-45-69)75(66-38-20-11-21-39-66)59(3)81(84)72-50-32-17-33-51-72,85-63(7)79(70-46-28-15-29-47-70)76(67-40-22-12-23-41-67)60(4)82(85)73-52-34-18-35-53-73)86-64(8)80(71-48-30-16-31-49-71)77(68-42-24-13-25-43-68)61(5)83(86)74-54-36-19-37-55-74/h11-56H,1-10H3. The quantitative estimate of drug-likeness (QED) is 0.0797. The van der Waals surface area contributed by atoms with Gasteiger partial charge in [0.1, 0.15) is 0 Å². The van der Waals surface area contributed by atoms with Crippen molar-refractivity contribution in [2.75, 3.05) is 0 Å². The van der Waals surface area contributed by atoms with E-state index >= 15 is 0 Å². The van der Waals surface area contributed by atoms with Crippen molar-refractivity contribution >= 4 is 23.6 Å². The van der Waals surface area contributed by atoms with E-state index in [0.717, 1.165) is 0 Å². The summed E-state index contributed by atoms with van der Waals surface area (Å²) in [5.74, 6) is 0. The van der Waals surface area contributed by atoms with Gasteiger partial charge >= 0.3 is 0 Å². The Balaban J connectivity index is 1.46. The van der Waals surface area contributed by atoms with Crippen LogP contribution in [0.25, 0.3) is 100 Å². The molecule has 1 aliphatic rings. The van der Waals surface area contributed by atoms with Crippen molar-refractivity contribution in [2.45, 2.75) is 74.3 Å². The molecule has 0 bridgehead atoms. The van der Waals surface area contributed by atoms with Crippen molar-refractivity contribution in [1.82, 2.24) is 0 Å². The monoisotopic (exact) mass is 1150 g/mol. The highest BCUT2D eigenvalue weighted by atomic mass is 28.3. The summed E-state index contributed by atoms with van der Waals surface area (Å²) in [7, 11) is -4.17.